The predicted octanol–water partition coefficient (Wildman–Crippen LogP) is 4.31. The van der Waals surface area contributed by atoms with Crippen LogP contribution in [0.5, 0.6) is 5.75 Å². The fourth-order valence-electron chi connectivity index (χ4n) is 4.57. The van der Waals surface area contributed by atoms with Crippen LogP contribution in [-0.2, 0) is 0 Å². The zero-order chi connectivity index (χ0) is 14.2. The second-order valence-corrected chi connectivity index (χ2v) is 7.40. The van der Waals surface area contributed by atoms with Crippen LogP contribution in [-0.4, -0.2) is 13.2 Å². The van der Waals surface area contributed by atoms with Crippen LogP contribution in [0.15, 0.2) is 24.3 Å². The van der Waals surface area contributed by atoms with Gasteiger partial charge in [0.2, 0.25) is 0 Å². The highest BCUT2D eigenvalue weighted by Gasteiger charge is 2.40. The summed E-state index contributed by atoms with van der Waals surface area (Å²) in [5.74, 6) is 4.05. The lowest BCUT2D eigenvalue weighted by Gasteiger charge is -2.27. The number of hydrogen-bond donors (Lipinski definition) is 1. The first-order chi connectivity index (χ1) is 10.3. The Kier molecular flexibility index (Phi) is 3.66. The summed E-state index contributed by atoms with van der Waals surface area (Å²) in [4.78, 5) is 0. The van der Waals surface area contributed by atoms with Gasteiger partial charge in [-0.15, -0.1) is 0 Å². The van der Waals surface area contributed by atoms with E-state index < -0.39 is 0 Å². The lowest BCUT2D eigenvalue weighted by atomic mass is 9.83. The van der Waals surface area contributed by atoms with E-state index in [1.807, 2.05) is 0 Å². The molecule has 0 amide bonds. The van der Waals surface area contributed by atoms with Crippen molar-refractivity contribution in [3.8, 4) is 5.75 Å². The molecule has 0 saturated heterocycles. The fourth-order valence-corrected chi connectivity index (χ4v) is 4.57. The minimum atomic E-state index is 0.483. The van der Waals surface area contributed by atoms with Crippen LogP contribution in [0.2, 0.25) is 0 Å². The van der Waals surface area contributed by atoms with Crippen molar-refractivity contribution >= 4 is 0 Å². The van der Waals surface area contributed by atoms with Crippen LogP contribution in [0.3, 0.4) is 0 Å². The molecule has 0 aromatic heterocycles. The summed E-state index contributed by atoms with van der Waals surface area (Å²) in [6.07, 6.45) is 10.2. The first-order valence-electron chi connectivity index (χ1n) is 8.75. The Morgan fingerprint density at radius 2 is 2.10 bits per heavy atom. The zero-order valence-electron chi connectivity index (χ0n) is 13.1. The summed E-state index contributed by atoms with van der Waals surface area (Å²) in [6, 6.07) is 9.25. The third-order valence-corrected chi connectivity index (χ3v) is 5.86. The normalized spacial score (nSPS) is 32.3. The Morgan fingerprint density at radius 1 is 1.19 bits per heavy atom. The average Bonchev–Trinajstić information content (AvgIpc) is 3.08. The third kappa shape index (κ3) is 2.96. The summed E-state index contributed by atoms with van der Waals surface area (Å²) in [6.45, 7) is 0. The van der Waals surface area contributed by atoms with E-state index in [1.165, 1.54) is 50.5 Å². The first-order valence-corrected chi connectivity index (χ1v) is 8.75. The topological polar surface area (TPSA) is 21.3 Å². The molecule has 0 spiro atoms. The van der Waals surface area contributed by atoms with Crippen molar-refractivity contribution in [3.63, 3.8) is 0 Å². The summed E-state index contributed by atoms with van der Waals surface area (Å²) < 4.78 is 5.95. The highest BCUT2D eigenvalue weighted by atomic mass is 16.5. The van der Waals surface area contributed by atoms with Gasteiger partial charge < -0.3 is 10.1 Å². The predicted molar refractivity (Wildman–Crippen MR) is 85.4 cm³/mol. The molecule has 2 heteroatoms. The van der Waals surface area contributed by atoms with E-state index in [9.17, 15) is 0 Å². The number of benzene rings is 1. The Bertz CT molecular complexity index is 496. The molecule has 3 aliphatic rings. The van der Waals surface area contributed by atoms with Gasteiger partial charge >= 0.3 is 0 Å². The van der Waals surface area contributed by atoms with Crippen molar-refractivity contribution in [2.45, 2.75) is 57.1 Å². The van der Waals surface area contributed by atoms with E-state index in [-0.39, 0.29) is 0 Å². The van der Waals surface area contributed by atoms with Crippen LogP contribution >= 0.6 is 0 Å². The maximum Gasteiger partial charge on any atom is 0.120 e. The molecule has 0 radical (unpaired) electrons. The van der Waals surface area contributed by atoms with Crippen LogP contribution < -0.4 is 10.1 Å². The number of rotatable bonds is 6. The van der Waals surface area contributed by atoms with Gasteiger partial charge in [-0.3, -0.25) is 0 Å². The van der Waals surface area contributed by atoms with Crippen LogP contribution in [0.25, 0.3) is 0 Å². The molecule has 114 valence electrons. The van der Waals surface area contributed by atoms with Gasteiger partial charge in [0.1, 0.15) is 5.75 Å². The molecule has 3 fully saturated rings. The number of nitrogens with one attached hydrogen (secondary N) is 1. The van der Waals surface area contributed by atoms with Gasteiger partial charge in [0.05, 0.1) is 6.10 Å². The Labute approximate surface area is 128 Å². The molecule has 0 aliphatic heterocycles. The lowest BCUT2D eigenvalue weighted by Crippen LogP contribution is -2.22. The lowest BCUT2D eigenvalue weighted by molar-refractivity contribution is 0.282. The maximum absolute atomic E-state index is 5.95. The molecule has 1 N–H and O–H groups in total. The molecule has 3 saturated carbocycles. The average molecular weight is 285 g/mol. The van der Waals surface area contributed by atoms with Crippen LogP contribution in [0.4, 0.5) is 0 Å². The monoisotopic (exact) mass is 285 g/mol. The third-order valence-electron chi connectivity index (χ3n) is 5.86. The van der Waals surface area contributed by atoms with E-state index in [4.69, 9.17) is 4.74 Å². The standard InChI is InChI=1S/C19H27NO/c1-20-19(12-16-10-13-5-6-14(16)9-13)15-3-2-4-18(11-15)21-17-7-8-17/h2-4,11,13-14,16-17,19-20H,5-10,12H2,1H3. The van der Waals surface area contributed by atoms with E-state index in [0.29, 0.717) is 12.1 Å². The summed E-state index contributed by atoms with van der Waals surface area (Å²) in [7, 11) is 2.10. The van der Waals surface area contributed by atoms with Gasteiger partial charge in [0.15, 0.2) is 0 Å². The second kappa shape index (κ2) is 5.64. The van der Waals surface area contributed by atoms with Crippen molar-refractivity contribution in [3.05, 3.63) is 29.8 Å². The molecule has 3 aliphatic carbocycles. The number of ether oxygens (including phenoxy) is 1. The molecule has 1 aromatic carbocycles. The minimum Gasteiger partial charge on any atom is -0.490 e. The van der Waals surface area contributed by atoms with E-state index >= 15 is 0 Å². The number of hydrogen-bond acceptors (Lipinski definition) is 2. The van der Waals surface area contributed by atoms with Gasteiger partial charge in [-0.05, 0) is 81.0 Å². The van der Waals surface area contributed by atoms with Gasteiger partial charge in [-0.25, -0.2) is 0 Å². The Morgan fingerprint density at radius 3 is 2.76 bits per heavy atom. The first kappa shape index (κ1) is 13.6. The maximum atomic E-state index is 5.95. The smallest absolute Gasteiger partial charge is 0.120 e. The highest BCUT2D eigenvalue weighted by Crippen LogP contribution is 2.51. The molecule has 1 aromatic rings. The number of fused-ring (bicyclic) bond motifs is 2. The quantitative estimate of drug-likeness (QED) is 0.840. The van der Waals surface area contributed by atoms with E-state index in [1.54, 1.807) is 0 Å². The zero-order valence-corrected chi connectivity index (χ0v) is 13.1. The molecule has 2 nitrogen and oxygen atoms in total. The molecule has 2 bridgehead atoms. The highest BCUT2D eigenvalue weighted by molar-refractivity contribution is 5.31. The second-order valence-electron chi connectivity index (χ2n) is 7.40. The molecule has 4 unspecified atom stereocenters. The van der Waals surface area contributed by atoms with E-state index in [0.717, 1.165) is 23.5 Å². The van der Waals surface area contributed by atoms with Crippen molar-refractivity contribution in [2.24, 2.45) is 17.8 Å². The SMILES string of the molecule is CNC(CC1CC2CCC1C2)c1cccc(OC2CC2)c1. The largest absolute Gasteiger partial charge is 0.490 e. The molecule has 21 heavy (non-hydrogen) atoms. The van der Waals surface area contributed by atoms with Gasteiger partial charge in [-0.1, -0.05) is 18.6 Å². The van der Waals surface area contributed by atoms with Crippen molar-refractivity contribution in [1.82, 2.24) is 5.32 Å². The Hall–Kier alpha value is -1.02. The van der Waals surface area contributed by atoms with Gasteiger partial charge in [0, 0.05) is 6.04 Å². The summed E-state index contributed by atoms with van der Waals surface area (Å²) >= 11 is 0. The van der Waals surface area contributed by atoms with Crippen molar-refractivity contribution in [1.29, 1.82) is 0 Å². The minimum absolute atomic E-state index is 0.483. The van der Waals surface area contributed by atoms with Crippen molar-refractivity contribution in [2.75, 3.05) is 7.05 Å². The summed E-state index contributed by atoms with van der Waals surface area (Å²) in [5.41, 5.74) is 1.40. The molecular formula is C19H27NO. The van der Waals surface area contributed by atoms with Crippen LogP contribution in [0, 0.1) is 17.8 Å². The molecule has 4 atom stereocenters. The Balaban J connectivity index is 1.44. The molecule has 0 heterocycles. The van der Waals surface area contributed by atoms with Gasteiger partial charge in [-0.2, -0.15) is 0 Å². The van der Waals surface area contributed by atoms with Crippen molar-refractivity contribution < 1.29 is 4.74 Å². The van der Waals surface area contributed by atoms with E-state index in [2.05, 4.69) is 36.6 Å². The summed E-state index contributed by atoms with van der Waals surface area (Å²) in [5, 5.41) is 3.55. The molecular weight excluding hydrogens is 258 g/mol. The fraction of sp³-hybridized carbons (Fsp3) is 0.684. The van der Waals surface area contributed by atoms with Crippen LogP contribution in [0.1, 0.15) is 56.6 Å². The molecule has 4 rings (SSSR count). The van der Waals surface area contributed by atoms with Gasteiger partial charge in [0.25, 0.3) is 0 Å².